The van der Waals surface area contributed by atoms with E-state index in [2.05, 4.69) is 30.9 Å². The number of amides is 3. The van der Waals surface area contributed by atoms with Crippen molar-refractivity contribution in [3.8, 4) is 11.5 Å². The number of anilines is 3. The smallest absolute Gasteiger partial charge is 0.325 e. The second-order valence-corrected chi connectivity index (χ2v) is 8.22. The molecule has 2 aromatic carbocycles. The highest BCUT2D eigenvalue weighted by molar-refractivity contribution is 7.13. The second-order valence-electron chi connectivity index (χ2n) is 7.36. The molecule has 0 saturated heterocycles. The van der Waals surface area contributed by atoms with Gasteiger partial charge >= 0.3 is 6.03 Å². The maximum absolute atomic E-state index is 12.1. The number of imidazole rings is 1. The molecule has 0 aliphatic heterocycles. The molecule has 4 rings (SSSR count). The first kappa shape index (κ1) is 24.1. The van der Waals surface area contributed by atoms with Gasteiger partial charge in [-0.3, -0.25) is 15.4 Å². The number of nitrogens with one attached hydrogen (secondary N) is 4. The summed E-state index contributed by atoms with van der Waals surface area (Å²) in [5.41, 5.74) is 2.83. The molecule has 0 saturated carbocycles. The highest BCUT2D eigenvalue weighted by Crippen LogP contribution is 2.26. The number of aromatic nitrogens is 3. The minimum Gasteiger partial charge on any atom is -0.457 e. The van der Waals surface area contributed by atoms with Gasteiger partial charge in [-0.05, 0) is 43.3 Å². The average Bonchev–Trinajstić information content (AvgIpc) is 3.42. The van der Waals surface area contributed by atoms with E-state index in [1.165, 1.54) is 11.3 Å². The third kappa shape index (κ3) is 6.99. The number of thiazole rings is 1. The Labute approximate surface area is 204 Å². The van der Waals surface area contributed by atoms with E-state index in [4.69, 9.17) is 14.2 Å². The van der Waals surface area contributed by atoms with Crippen molar-refractivity contribution in [2.75, 3.05) is 42.9 Å². The summed E-state index contributed by atoms with van der Waals surface area (Å²) >= 11 is 1.36. The normalized spacial score (nSPS) is 10.8. The molecule has 4 N–H and O–H groups in total. The van der Waals surface area contributed by atoms with Crippen molar-refractivity contribution in [1.82, 2.24) is 15.0 Å². The van der Waals surface area contributed by atoms with Crippen LogP contribution in [0.4, 0.5) is 21.6 Å². The van der Waals surface area contributed by atoms with Crippen LogP contribution in [0.2, 0.25) is 0 Å². The van der Waals surface area contributed by atoms with Crippen LogP contribution in [0.3, 0.4) is 0 Å². The zero-order valence-electron chi connectivity index (χ0n) is 19.1. The summed E-state index contributed by atoms with van der Waals surface area (Å²) < 4.78 is 16.0. The largest absolute Gasteiger partial charge is 0.457 e. The van der Waals surface area contributed by atoms with Crippen molar-refractivity contribution in [1.29, 1.82) is 0 Å². The first-order chi connectivity index (χ1) is 17.0. The molecule has 35 heavy (non-hydrogen) atoms. The number of aromatic amines is 1. The third-order valence-electron chi connectivity index (χ3n) is 4.56. The molecule has 0 atom stereocenters. The van der Waals surface area contributed by atoms with Crippen molar-refractivity contribution in [3.63, 3.8) is 0 Å². The minimum atomic E-state index is -0.374. The third-order valence-corrected chi connectivity index (χ3v) is 5.44. The molecule has 0 bridgehead atoms. The number of hydrogen-bond donors (Lipinski definition) is 4. The summed E-state index contributed by atoms with van der Waals surface area (Å²) in [6.07, 6.45) is 0. The van der Waals surface area contributed by atoms with E-state index in [1.807, 2.05) is 18.4 Å². The van der Waals surface area contributed by atoms with Gasteiger partial charge in [-0.25, -0.2) is 14.8 Å². The molecule has 11 nitrogen and oxygen atoms in total. The molecule has 182 valence electrons. The van der Waals surface area contributed by atoms with E-state index in [0.29, 0.717) is 47.0 Å². The molecule has 0 aliphatic carbocycles. The number of ether oxygens (including phenoxy) is 3. The predicted molar refractivity (Wildman–Crippen MR) is 133 cm³/mol. The quantitative estimate of drug-likeness (QED) is 0.239. The first-order valence-electron chi connectivity index (χ1n) is 10.6. The first-order valence-corrected chi connectivity index (χ1v) is 11.5. The lowest BCUT2D eigenvalue weighted by Crippen LogP contribution is -2.20. The van der Waals surface area contributed by atoms with E-state index in [0.717, 1.165) is 11.2 Å². The molecule has 2 heterocycles. The van der Waals surface area contributed by atoms with Crippen LogP contribution in [-0.4, -0.2) is 53.8 Å². The second kappa shape index (κ2) is 11.4. The maximum atomic E-state index is 12.1. The van der Waals surface area contributed by atoms with Gasteiger partial charge < -0.3 is 24.5 Å². The van der Waals surface area contributed by atoms with Crippen LogP contribution in [0, 0.1) is 6.92 Å². The van der Waals surface area contributed by atoms with Gasteiger partial charge in [0, 0.05) is 24.2 Å². The summed E-state index contributed by atoms with van der Waals surface area (Å²) in [5, 5.41) is 10.5. The highest BCUT2D eigenvalue weighted by Gasteiger charge is 2.09. The molecular formula is C23H24N6O5S. The Balaban J connectivity index is 1.31. The van der Waals surface area contributed by atoms with Crippen LogP contribution in [0.25, 0.3) is 11.0 Å². The number of hydrogen-bond acceptors (Lipinski definition) is 8. The fourth-order valence-corrected chi connectivity index (χ4v) is 3.68. The van der Waals surface area contributed by atoms with Crippen LogP contribution >= 0.6 is 11.3 Å². The highest BCUT2D eigenvalue weighted by atomic mass is 32.1. The number of rotatable bonds is 10. The van der Waals surface area contributed by atoms with Crippen molar-refractivity contribution >= 4 is 51.1 Å². The van der Waals surface area contributed by atoms with Gasteiger partial charge in [-0.1, -0.05) is 0 Å². The number of fused-ring (bicyclic) bond motifs is 1. The van der Waals surface area contributed by atoms with Gasteiger partial charge in [0.15, 0.2) is 5.13 Å². The van der Waals surface area contributed by atoms with Gasteiger partial charge in [-0.2, -0.15) is 0 Å². The molecular weight excluding hydrogens is 472 g/mol. The lowest BCUT2D eigenvalue weighted by Gasteiger charge is -2.08. The van der Waals surface area contributed by atoms with Crippen molar-refractivity contribution in [3.05, 3.63) is 53.5 Å². The van der Waals surface area contributed by atoms with Crippen molar-refractivity contribution in [2.45, 2.75) is 6.92 Å². The van der Waals surface area contributed by atoms with Gasteiger partial charge in [-0.15, -0.1) is 11.3 Å². The summed E-state index contributed by atoms with van der Waals surface area (Å²) in [6.45, 7) is 2.52. The lowest BCUT2D eigenvalue weighted by molar-refractivity contribution is -0.121. The summed E-state index contributed by atoms with van der Waals surface area (Å²) in [7, 11) is 1.56. The van der Waals surface area contributed by atoms with E-state index >= 15 is 0 Å². The SMILES string of the molecule is COCCOCC(=O)Nc1nc2cc(Oc3ccc(NC(=O)Nc4nc(C)cs4)cc3)ccc2[nH]1. The fourth-order valence-electron chi connectivity index (χ4n) is 3.00. The van der Waals surface area contributed by atoms with E-state index in [-0.39, 0.29) is 18.5 Å². The number of nitrogens with zero attached hydrogens (tertiary/aromatic N) is 2. The van der Waals surface area contributed by atoms with Crippen molar-refractivity contribution in [2.24, 2.45) is 0 Å². The average molecular weight is 497 g/mol. The number of H-pyrrole nitrogens is 1. The minimum absolute atomic E-state index is 0.0914. The van der Waals surface area contributed by atoms with Crippen LogP contribution in [0.15, 0.2) is 47.8 Å². The topological polar surface area (TPSA) is 139 Å². The molecule has 3 amide bonds. The van der Waals surface area contributed by atoms with Crippen LogP contribution < -0.4 is 20.7 Å². The van der Waals surface area contributed by atoms with Gasteiger partial charge in [0.05, 0.1) is 29.9 Å². The number of aryl methyl sites for hydroxylation is 1. The Morgan fingerprint density at radius 1 is 1.00 bits per heavy atom. The van der Waals surface area contributed by atoms with Crippen LogP contribution in [0.5, 0.6) is 11.5 Å². The number of benzene rings is 2. The van der Waals surface area contributed by atoms with E-state index in [1.54, 1.807) is 43.5 Å². The fraction of sp³-hybridized carbons (Fsp3) is 0.217. The number of carbonyl (C=O) groups excluding carboxylic acids is 2. The Morgan fingerprint density at radius 3 is 2.54 bits per heavy atom. The zero-order valence-corrected chi connectivity index (χ0v) is 19.9. The van der Waals surface area contributed by atoms with E-state index in [9.17, 15) is 9.59 Å². The number of urea groups is 1. The maximum Gasteiger partial charge on any atom is 0.325 e. The molecule has 0 aliphatic rings. The summed E-state index contributed by atoms with van der Waals surface area (Å²) in [5.74, 6) is 1.16. The van der Waals surface area contributed by atoms with Gasteiger partial charge in [0.1, 0.15) is 18.1 Å². The van der Waals surface area contributed by atoms with Crippen LogP contribution in [0.1, 0.15) is 5.69 Å². The molecule has 4 aromatic rings. The molecule has 0 unspecified atom stereocenters. The molecule has 0 radical (unpaired) electrons. The Kier molecular flexibility index (Phi) is 7.88. The van der Waals surface area contributed by atoms with Gasteiger partial charge in [0.25, 0.3) is 5.91 Å². The lowest BCUT2D eigenvalue weighted by atomic mass is 10.3. The molecule has 12 heteroatoms. The van der Waals surface area contributed by atoms with Crippen molar-refractivity contribution < 1.29 is 23.8 Å². The summed E-state index contributed by atoms with van der Waals surface area (Å²) in [6, 6.07) is 11.9. The zero-order chi connectivity index (χ0) is 24.6. The Morgan fingerprint density at radius 2 is 1.80 bits per heavy atom. The van der Waals surface area contributed by atoms with E-state index < -0.39 is 0 Å². The molecule has 0 fully saturated rings. The Hall–Kier alpha value is -4.00. The predicted octanol–water partition coefficient (Wildman–Crippen LogP) is 4.37. The molecule has 2 aromatic heterocycles. The molecule has 0 spiro atoms. The standard InChI is InChI=1S/C23H24N6O5S/c1-14-13-35-23(24-14)29-22(31)25-15-3-5-16(6-4-15)34-17-7-8-18-19(11-17)27-21(26-18)28-20(30)12-33-10-9-32-2/h3-8,11,13H,9-10,12H2,1-2H3,(H2,24,25,29,31)(H2,26,27,28,30). The van der Waals surface area contributed by atoms with Crippen LogP contribution in [-0.2, 0) is 14.3 Å². The Bertz CT molecular complexity index is 1300. The summed E-state index contributed by atoms with van der Waals surface area (Å²) in [4.78, 5) is 35.7. The monoisotopic (exact) mass is 496 g/mol. The number of carbonyl (C=O) groups is 2. The van der Waals surface area contributed by atoms with Gasteiger partial charge in [0.2, 0.25) is 5.95 Å². The number of methoxy groups -OCH3 is 1.